The summed E-state index contributed by atoms with van der Waals surface area (Å²) < 4.78 is 29.0. The van der Waals surface area contributed by atoms with Gasteiger partial charge in [0.15, 0.2) is 11.5 Å². The minimum Gasteiger partial charge on any atom is -0.492 e. The molecular formula is C19H18ClFN2O5. The van der Waals surface area contributed by atoms with Crippen molar-refractivity contribution < 1.29 is 28.2 Å². The van der Waals surface area contributed by atoms with Crippen molar-refractivity contribution in [1.82, 2.24) is 10.6 Å². The highest BCUT2D eigenvalue weighted by molar-refractivity contribution is 6.33. The summed E-state index contributed by atoms with van der Waals surface area (Å²) >= 11 is 5.82. The van der Waals surface area contributed by atoms with Crippen LogP contribution in [0.2, 0.25) is 5.02 Å². The smallest absolute Gasteiger partial charge is 0.252 e. The lowest BCUT2D eigenvalue weighted by atomic mass is 10.2. The van der Waals surface area contributed by atoms with E-state index in [9.17, 15) is 14.0 Å². The zero-order chi connectivity index (χ0) is 19.9. The predicted octanol–water partition coefficient (Wildman–Crippen LogP) is 2.52. The van der Waals surface area contributed by atoms with Crippen LogP contribution in [0.3, 0.4) is 0 Å². The number of carbonyl (C=O) groups is 2. The Balaban J connectivity index is 1.32. The van der Waals surface area contributed by atoms with Gasteiger partial charge in [-0.3, -0.25) is 9.59 Å². The SMILES string of the molecule is O=C(CCNC(=O)c1ccc(F)cc1Cl)NCCOc1ccc2c(c1)OCO2. The van der Waals surface area contributed by atoms with E-state index >= 15 is 0 Å². The summed E-state index contributed by atoms with van der Waals surface area (Å²) in [6.45, 7) is 0.911. The van der Waals surface area contributed by atoms with Crippen LogP contribution in [-0.2, 0) is 4.79 Å². The average molecular weight is 409 g/mol. The summed E-state index contributed by atoms with van der Waals surface area (Å²) in [5, 5.41) is 5.27. The Hall–Kier alpha value is -3.00. The molecule has 0 spiro atoms. The molecule has 28 heavy (non-hydrogen) atoms. The molecule has 0 fully saturated rings. The van der Waals surface area contributed by atoms with Gasteiger partial charge in [0.2, 0.25) is 12.7 Å². The van der Waals surface area contributed by atoms with Gasteiger partial charge in [-0.1, -0.05) is 11.6 Å². The minimum atomic E-state index is -0.524. The van der Waals surface area contributed by atoms with E-state index in [1.807, 2.05) is 0 Å². The van der Waals surface area contributed by atoms with Crippen LogP contribution in [0.5, 0.6) is 17.2 Å². The van der Waals surface area contributed by atoms with Crippen LogP contribution in [0.25, 0.3) is 0 Å². The third kappa shape index (κ3) is 5.26. The van der Waals surface area contributed by atoms with Crippen molar-refractivity contribution in [3.63, 3.8) is 0 Å². The first-order chi connectivity index (χ1) is 13.5. The monoisotopic (exact) mass is 408 g/mol. The van der Waals surface area contributed by atoms with Gasteiger partial charge in [-0.15, -0.1) is 0 Å². The van der Waals surface area contributed by atoms with Gasteiger partial charge >= 0.3 is 0 Å². The van der Waals surface area contributed by atoms with Gasteiger partial charge in [0, 0.05) is 19.0 Å². The Bertz CT molecular complexity index is 877. The maximum absolute atomic E-state index is 13.0. The number of fused-ring (bicyclic) bond motifs is 1. The number of amides is 2. The average Bonchev–Trinajstić information content (AvgIpc) is 3.13. The molecule has 0 bridgehead atoms. The first-order valence-electron chi connectivity index (χ1n) is 8.55. The second kappa shape index (κ2) is 9.27. The number of ether oxygens (including phenoxy) is 3. The van der Waals surface area contributed by atoms with Gasteiger partial charge < -0.3 is 24.8 Å². The number of rotatable bonds is 8. The zero-order valence-electron chi connectivity index (χ0n) is 14.8. The lowest BCUT2D eigenvalue weighted by Gasteiger charge is -2.09. The molecule has 0 saturated carbocycles. The Morgan fingerprint density at radius 3 is 2.71 bits per heavy atom. The molecule has 0 atom stereocenters. The molecule has 2 amide bonds. The molecular weight excluding hydrogens is 391 g/mol. The van der Waals surface area contributed by atoms with Gasteiger partial charge in [0.1, 0.15) is 18.2 Å². The number of halogens is 2. The molecule has 2 aromatic rings. The van der Waals surface area contributed by atoms with Gasteiger partial charge in [-0.25, -0.2) is 4.39 Å². The van der Waals surface area contributed by atoms with Gasteiger partial charge in [0.05, 0.1) is 17.1 Å². The second-order valence-electron chi connectivity index (χ2n) is 5.84. The molecule has 9 heteroatoms. The topological polar surface area (TPSA) is 85.9 Å². The summed E-state index contributed by atoms with van der Waals surface area (Å²) in [6, 6.07) is 8.73. The molecule has 1 aliphatic rings. The van der Waals surface area contributed by atoms with Crippen LogP contribution in [0.4, 0.5) is 4.39 Å². The second-order valence-corrected chi connectivity index (χ2v) is 6.25. The highest BCUT2D eigenvalue weighted by atomic mass is 35.5. The quantitative estimate of drug-likeness (QED) is 0.655. The van der Waals surface area contributed by atoms with Crippen molar-refractivity contribution in [2.75, 3.05) is 26.5 Å². The van der Waals surface area contributed by atoms with Crippen LogP contribution in [-0.4, -0.2) is 38.3 Å². The number of hydrogen-bond donors (Lipinski definition) is 2. The summed E-state index contributed by atoms with van der Waals surface area (Å²) in [6.07, 6.45) is 0.0918. The predicted molar refractivity (Wildman–Crippen MR) is 99.4 cm³/mol. The van der Waals surface area contributed by atoms with Crippen LogP contribution in [0, 0.1) is 5.82 Å². The summed E-state index contributed by atoms with van der Waals surface area (Å²) in [4.78, 5) is 23.8. The first kappa shape index (κ1) is 19.8. The van der Waals surface area contributed by atoms with E-state index < -0.39 is 11.7 Å². The first-order valence-corrected chi connectivity index (χ1v) is 8.93. The maximum atomic E-state index is 13.0. The standard InChI is InChI=1S/C19H18ClFN2O5/c20-15-9-12(21)1-3-14(15)19(25)23-6-5-18(24)22-7-8-26-13-2-4-16-17(10-13)28-11-27-16/h1-4,9-10H,5-8,11H2,(H,22,24)(H,23,25). The molecule has 1 aliphatic heterocycles. The molecule has 0 radical (unpaired) electrons. The Morgan fingerprint density at radius 1 is 1.07 bits per heavy atom. The Labute approximate surface area is 165 Å². The fraction of sp³-hybridized carbons (Fsp3) is 0.263. The van der Waals surface area contributed by atoms with Gasteiger partial charge in [-0.05, 0) is 30.3 Å². The summed E-state index contributed by atoms with van der Waals surface area (Å²) in [7, 11) is 0. The van der Waals surface area contributed by atoms with Crippen molar-refractivity contribution in [3.8, 4) is 17.2 Å². The third-order valence-corrected chi connectivity index (χ3v) is 4.16. The fourth-order valence-electron chi connectivity index (χ4n) is 2.47. The molecule has 2 N–H and O–H groups in total. The summed E-state index contributed by atoms with van der Waals surface area (Å²) in [5.74, 6) is 0.678. The Morgan fingerprint density at radius 2 is 1.89 bits per heavy atom. The van der Waals surface area contributed by atoms with Crippen LogP contribution in [0.15, 0.2) is 36.4 Å². The molecule has 7 nitrogen and oxygen atoms in total. The lowest BCUT2D eigenvalue weighted by Crippen LogP contribution is -2.32. The number of benzene rings is 2. The van der Waals surface area contributed by atoms with Crippen LogP contribution in [0.1, 0.15) is 16.8 Å². The molecule has 2 aromatic carbocycles. The molecule has 1 heterocycles. The van der Waals surface area contributed by atoms with Crippen molar-refractivity contribution in [1.29, 1.82) is 0 Å². The van der Waals surface area contributed by atoms with Crippen molar-refractivity contribution in [2.24, 2.45) is 0 Å². The molecule has 0 saturated heterocycles. The number of carbonyl (C=O) groups excluding carboxylic acids is 2. The van der Waals surface area contributed by atoms with Crippen molar-refractivity contribution in [3.05, 3.63) is 52.8 Å². The molecule has 148 valence electrons. The normalized spacial score (nSPS) is 11.8. The van der Waals surface area contributed by atoms with E-state index in [1.54, 1.807) is 18.2 Å². The largest absolute Gasteiger partial charge is 0.492 e. The minimum absolute atomic E-state index is 0.0163. The zero-order valence-corrected chi connectivity index (χ0v) is 15.6. The lowest BCUT2D eigenvalue weighted by molar-refractivity contribution is -0.121. The van der Waals surface area contributed by atoms with Gasteiger partial charge in [0.25, 0.3) is 5.91 Å². The van der Waals surface area contributed by atoms with E-state index in [1.165, 1.54) is 6.07 Å². The van der Waals surface area contributed by atoms with E-state index in [-0.39, 0.29) is 42.9 Å². The summed E-state index contributed by atoms with van der Waals surface area (Å²) in [5.41, 5.74) is 0.153. The van der Waals surface area contributed by atoms with Crippen molar-refractivity contribution in [2.45, 2.75) is 6.42 Å². The van der Waals surface area contributed by atoms with Crippen LogP contribution >= 0.6 is 11.6 Å². The highest BCUT2D eigenvalue weighted by Gasteiger charge is 2.14. The van der Waals surface area contributed by atoms with Crippen molar-refractivity contribution >= 4 is 23.4 Å². The fourth-order valence-corrected chi connectivity index (χ4v) is 2.73. The molecule has 0 unspecified atom stereocenters. The maximum Gasteiger partial charge on any atom is 0.252 e. The van der Waals surface area contributed by atoms with Crippen LogP contribution < -0.4 is 24.8 Å². The number of nitrogens with one attached hydrogen (secondary N) is 2. The molecule has 3 rings (SSSR count). The van der Waals surface area contributed by atoms with E-state index in [0.29, 0.717) is 23.8 Å². The molecule has 0 aromatic heterocycles. The van der Waals surface area contributed by atoms with E-state index in [4.69, 9.17) is 25.8 Å². The van der Waals surface area contributed by atoms with E-state index in [0.717, 1.165) is 12.1 Å². The van der Waals surface area contributed by atoms with Gasteiger partial charge in [-0.2, -0.15) is 0 Å². The molecule has 0 aliphatic carbocycles. The Kier molecular flexibility index (Phi) is 6.54. The number of hydrogen-bond acceptors (Lipinski definition) is 5. The van der Waals surface area contributed by atoms with E-state index in [2.05, 4.69) is 10.6 Å². The highest BCUT2D eigenvalue weighted by Crippen LogP contribution is 2.34. The third-order valence-electron chi connectivity index (χ3n) is 3.85.